The van der Waals surface area contributed by atoms with E-state index in [0.717, 1.165) is 5.82 Å². The highest BCUT2D eigenvalue weighted by Crippen LogP contribution is 2.32. The van der Waals surface area contributed by atoms with Crippen LogP contribution in [0.25, 0.3) is 0 Å². The van der Waals surface area contributed by atoms with Gasteiger partial charge in [-0.15, -0.1) is 5.10 Å². The van der Waals surface area contributed by atoms with Gasteiger partial charge in [0.25, 0.3) is 0 Å². The number of aromatic amines is 1. The molecule has 0 saturated heterocycles. The SMILES string of the molecule is O=C(CSc1n[nH]c(C2CCCC2)n1)c1ccc(Cl)cc1. The van der Waals surface area contributed by atoms with Crippen molar-refractivity contribution in [3.8, 4) is 0 Å². The zero-order chi connectivity index (χ0) is 14.7. The number of hydrogen-bond acceptors (Lipinski definition) is 4. The Labute approximate surface area is 132 Å². The maximum Gasteiger partial charge on any atom is 0.208 e. The normalized spacial score (nSPS) is 15.5. The van der Waals surface area contributed by atoms with Crippen molar-refractivity contribution < 1.29 is 4.79 Å². The summed E-state index contributed by atoms with van der Waals surface area (Å²) >= 11 is 7.18. The summed E-state index contributed by atoms with van der Waals surface area (Å²) in [5.74, 6) is 1.88. The number of hydrogen-bond donors (Lipinski definition) is 1. The molecule has 0 unspecified atom stereocenters. The highest BCUT2D eigenvalue weighted by atomic mass is 35.5. The van der Waals surface area contributed by atoms with Crippen LogP contribution in [0, 0.1) is 0 Å². The van der Waals surface area contributed by atoms with Crippen molar-refractivity contribution >= 4 is 29.1 Å². The standard InChI is InChI=1S/C15H16ClN3OS/c16-12-7-5-10(6-8-12)13(20)9-21-15-17-14(18-19-15)11-3-1-2-4-11/h5-8,11H,1-4,9H2,(H,17,18,19). The van der Waals surface area contributed by atoms with Crippen molar-refractivity contribution in [1.82, 2.24) is 15.2 Å². The number of benzene rings is 1. The molecule has 1 heterocycles. The summed E-state index contributed by atoms with van der Waals surface area (Å²) < 4.78 is 0. The van der Waals surface area contributed by atoms with Gasteiger partial charge in [0.05, 0.1) is 5.75 Å². The third kappa shape index (κ3) is 3.66. The van der Waals surface area contributed by atoms with Crippen LogP contribution in [0.15, 0.2) is 29.4 Å². The first-order chi connectivity index (χ1) is 10.2. The van der Waals surface area contributed by atoms with Crippen molar-refractivity contribution in [1.29, 1.82) is 0 Å². The molecule has 0 bridgehead atoms. The third-order valence-electron chi connectivity index (χ3n) is 3.72. The smallest absolute Gasteiger partial charge is 0.208 e. The van der Waals surface area contributed by atoms with Gasteiger partial charge in [-0.1, -0.05) is 36.2 Å². The Hall–Kier alpha value is -1.33. The molecule has 0 aliphatic heterocycles. The number of thioether (sulfide) groups is 1. The molecule has 1 aliphatic carbocycles. The summed E-state index contributed by atoms with van der Waals surface area (Å²) in [6.45, 7) is 0. The van der Waals surface area contributed by atoms with E-state index in [2.05, 4.69) is 15.2 Å². The largest absolute Gasteiger partial charge is 0.293 e. The van der Waals surface area contributed by atoms with Crippen molar-refractivity contribution in [2.75, 3.05) is 5.75 Å². The topological polar surface area (TPSA) is 58.6 Å². The molecule has 0 atom stereocenters. The van der Waals surface area contributed by atoms with Crippen LogP contribution in [-0.2, 0) is 0 Å². The second-order valence-electron chi connectivity index (χ2n) is 5.20. The van der Waals surface area contributed by atoms with E-state index in [9.17, 15) is 4.79 Å². The van der Waals surface area contributed by atoms with Crippen LogP contribution in [0.3, 0.4) is 0 Å². The number of ketones is 1. The Morgan fingerprint density at radius 3 is 2.71 bits per heavy atom. The molecular weight excluding hydrogens is 306 g/mol. The molecule has 1 saturated carbocycles. The van der Waals surface area contributed by atoms with Gasteiger partial charge in [0.2, 0.25) is 5.16 Å². The van der Waals surface area contributed by atoms with Gasteiger partial charge in [0, 0.05) is 16.5 Å². The Kier molecular flexibility index (Phi) is 4.60. The number of Topliss-reactive ketones (excluding diaryl/α,β-unsaturated/α-hetero) is 1. The minimum atomic E-state index is 0.0592. The van der Waals surface area contributed by atoms with Crippen LogP contribution in [0.1, 0.15) is 47.8 Å². The molecular formula is C15H16ClN3OS. The van der Waals surface area contributed by atoms with E-state index in [0.29, 0.717) is 27.4 Å². The van der Waals surface area contributed by atoms with E-state index in [1.807, 2.05) is 0 Å². The third-order valence-corrected chi connectivity index (χ3v) is 4.82. The van der Waals surface area contributed by atoms with Gasteiger partial charge in [0.1, 0.15) is 5.82 Å². The van der Waals surface area contributed by atoms with Gasteiger partial charge in [-0.3, -0.25) is 9.89 Å². The number of H-pyrrole nitrogens is 1. The molecule has 4 nitrogen and oxygen atoms in total. The van der Waals surface area contributed by atoms with E-state index in [-0.39, 0.29) is 5.78 Å². The highest BCUT2D eigenvalue weighted by molar-refractivity contribution is 7.99. The summed E-state index contributed by atoms with van der Waals surface area (Å²) in [7, 11) is 0. The van der Waals surface area contributed by atoms with Crippen LogP contribution >= 0.6 is 23.4 Å². The van der Waals surface area contributed by atoms with Crippen molar-refractivity contribution in [3.05, 3.63) is 40.7 Å². The monoisotopic (exact) mass is 321 g/mol. The molecule has 6 heteroatoms. The molecule has 0 radical (unpaired) electrons. The number of aromatic nitrogens is 3. The fraction of sp³-hybridized carbons (Fsp3) is 0.400. The lowest BCUT2D eigenvalue weighted by Gasteiger charge is -2.02. The van der Waals surface area contributed by atoms with E-state index < -0.39 is 0 Å². The first-order valence-electron chi connectivity index (χ1n) is 7.06. The lowest BCUT2D eigenvalue weighted by Crippen LogP contribution is -2.02. The summed E-state index contributed by atoms with van der Waals surface area (Å²) in [4.78, 5) is 16.6. The van der Waals surface area contributed by atoms with E-state index in [4.69, 9.17) is 11.6 Å². The minimum absolute atomic E-state index is 0.0592. The minimum Gasteiger partial charge on any atom is -0.293 e. The lowest BCUT2D eigenvalue weighted by molar-refractivity contribution is 0.102. The van der Waals surface area contributed by atoms with Crippen LogP contribution in [0.5, 0.6) is 0 Å². The molecule has 1 fully saturated rings. The Morgan fingerprint density at radius 2 is 2.00 bits per heavy atom. The predicted molar refractivity (Wildman–Crippen MR) is 84.1 cm³/mol. The Morgan fingerprint density at radius 1 is 1.29 bits per heavy atom. The number of carbonyl (C=O) groups is 1. The Bertz CT molecular complexity index is 620. The molecule has 1 aromatic heterocycles. The molecule has 3 rings (SSSR count). The van der Waals surface area contributed by atoms with Crippen LogP contribution in [0.4, 0.5) is 0 Å². The second kappa shape index (κ2) is 6.62. The van der Waals surface area contributed by atoms with Gasteiger partial charge in [-0.2, -0.15) is 0 Å². The van der Waals surface area contributed by atoms with Gasteiger partial charge < -0.3 is 0 Å². The maximum atomic E-state index is 12.1. The van der Waals surface area contributed by atoms with E-state index in [1.54, 1.807) is 24.3 Å². The van der Waals surface area contributed by atoms with Crippen molar-refractivity contribution in [2.45, 2.75) is 36.8 Å². The Balaban J connectivity index is 1.57. The average molecular weight is 322 g/mol. The summed E-state index contributed by atoms with van der Waals surface area (Å²) in [6, 6.07) is 6.94. The van der Waals surface area contributed by atoms with E-state index >= 15 is 0 Å². The second-order valence-corrected chi connectivity index (χ2v) is 6.58. The first kappa shape index (κ1) is 14.6. The van der Waals surface area contributed by atoms with Gasteiger partial charge in [-0.05, 0) is 37.1 Å². The average Bonchev–Trinajstić information content (AvgIpc) is 3.16. The molecule has 2 aromatic rings. The fourth-order valence-corrected chi connectivity index (χ4v) is 3.38. The molecule has 1 aliphatic rings. The number of halogens is 1. The molecule has 0 amide bonds. The summed E-state index contributed by atoms with van der Waals surface area (Å²) in [5.41, 5.74) is 0.665. The zero-order valence-electron chi connectivity index (χ0n) is 11.5. The molecule has 1 aromatic carbocycles. The number of nitrogens with one attached hydrogen (secondary N) is 1. The van der Waals surface area contributed by atoms with Gasteiger partial charge >= 0.3 is 0 Å². The van der Waals surface area contributed by atoms with Crippen molar-refractivity contribution in [2.24, 2.45) is 0 Å². The molecule has 21 heavy (non-hydrogen) atoms. The lowest BCUT2D eigenvalue weighted by atomic mass is 10.1. The number of rotatable bonds is 5. The van der Waals surface area contributed by atoms with Crippen LogP contribution in [-0.4, -0.2) is 26.7 Å². The van der Waals surface area contributed by atoms with Gasteiger partial charge in [0.15, 0.2) is 5.78 Å². The number of nitrogens with zero attached hydrogens (tertiary/aromatic N) is 2. The van der Waals surface area contributed by atoms with E-state index in [1.165, 1.54) is 37.4 Å². The van der Waals surface area contributed by atoms with Crippen molar-refractivity contribution in [3.63, 3.8) is 0 Å². The predicted octanol–water partition coefficient (Wildman–Crippen LogP) is 4.09. The molecule has 110 valence electrons. The van der Waals surface area contributed by atoms with Crippen LogP contribution < -0.4 is 0 Å². The summed E-state index contributed by atoms with van der Waals surface area (Å²) in [6.07, 6.45) is 4.90. The summed E-state index contributed by atoms with van der Waals surface area (Å²) in [5, 5.41) is 8.49. The zero-order valence-corrected chi connectivity index (χ0v) is 13.1. The van der Waals surface area contributed by atoms with Gasteiger partial charge in [-0.25, -0.2) is 4.98 Å². The number of carbonyl (C=O) groups excluding carboxylic acids is 1. The fourth-order valence-electron chi connectivity index (χ4n) is 2.55. The molecule has 1 N–H and O–H groups in total. The highest BCUT2D eigenvalue weighted by Gasteiger charge is 2.20. The quantitative estimate of drug-likeness (QED) is 0.665. The van der Waals surface area contributed by atoms with Crippen LogP contribution in [0.2, 0.25) is 5.02 Å². The molecule has 0 spiro atoms. The maximum absolute atomic E-state index is 12.1. The first-order valence-corrected chi connectivity index (χ1v) is 8.42.